The Balaban J connectivity index is 2.93. The maximum Gasteiger partial charge on any atom is 0.331 e. The normalized spacial score (nSPS) is 13.1. The van der Waals surface area contributed by atoms with Crippen LogP contribution in [0.4, 0.5) is 0 Å². The van der Waals surface area contributed by atoms with E-state index in [2.05, 4.69) is 0 Å². The first-order chi connectivity index (χ1) is 9.50. The van der Waals surface area contributed by atoms with E-state index in [4.69, 9.17) is 9.05 Å². The number of nitro groups is 1. The largest absolute Gasteiger partial charge is 0.331 e. The fourth-order valence-corrected chi connectivity index (χ4v) is 3.92. The van der Waals surface area contributed by atoms with Crippen molar-refractivity contribution in [1.82, 2.24) is 0 Å². The molecule has 0 aliphatic carbocycles. The van der Waals surface area contributed by atoms with E-state index in [0.29, 0.717) is 0 Å². The van der Waals surface area contributed by atoms with E-state index in [1.54, 1.807) is 38.1 Å². The summed E-state index contributed by atoms with van der Waals surface area (Å²) in [6.45, 7) is 3.63. The van der Waals surface area contributed by atoms with Gasteiger partial charge in [-0.1, -0.05) is 30.3 Å². The molecule has 0 aliphatic rings. The molecule has 112 valence electrons. The van der Waals surface area contributed by atoms with Gasteiger partial charge < -0.3 is 9.05 Å². The fourth-order valence-electron chi connectivity index (χ4n) is 1.98. The van der Waals surface area contributed by atoms with Gasteiger partial charge in [0.2, 0.25) is 6.54 Å². The summed E-state index contributed by atoms with van der Waals surface area (Å²) in [5, 5.41) is 10.8. The molecule has 0 fully saturated rings. The molecule has 1 aromatic carbocycles. The van der Waals surface area contributed by atoms with Gasteiger partial charge in [-0.3, -0.25) is 14.7 Å². The molecule has 20 heavy (non-hydrogen) atoms. The smallest absolute Gasteiger partial charge is 0.309 e. The fraction of sp³-hybridized carbons (Fsp3) is 0.538. The van der Waals surface area contributed by atoms with Crippen LogP contribution >= 0.6 is 7.60 Å². The molecule has 1 unspecified atom stereocenters. The van der Waals surface area contributed by atoms with Crippen molar-refractivity contribution in [2.24, 2.45) is 0 Å². The van der Waals surface area contributed by atoms with Crippen molar-refractivity contribution >= 4 is 7.60 Å². The van der Waals surface area contributed by atoms with Gasteiger partial charge in [0.05, 0.1) is 25.3 Å². The Hall–Kier alpha value is -1.23. The van der Waals surface area contributed by atoms with Crippen molar-refractivity contribution in [2.75, 3.05) is 25.9 Å². The first-order valence-corrected chi connectivity index (χ1v) is 8.28. The zero-order valence-electron chi connectivity index (χ0n) is 11.7. The number of hydrogen-bond donors (Lipinski definition) is 0. The maximum atomic E-state index is 12.5. The van der Waals surface area contributed by atoms with Crippen LogP contribution in [0.15, 0.2) is 30.3 Å². The van der Waals surface area contributed by atoms with E-state index in [-0.39, 0.29) is 25.9 Å². The lowest BCUT2D eigenvalue weighted by Crippen LogP contribution is -2.18. The van der Waals surface area contributed by atoms with Crippen molar-refractivity contribution in [2.45, 2.75) is 19.8 Å². The van der Waals surface area contributed by atoms with Crippen LogP contribution in [0.1, 0.15) is 25.3 Å². The molecule has 0 spiro atoms. The Morgan fingerprint density at radius 3 is 2.20 bits per heavy atom. The summed E-state index contributed by atoms with van der Waals surface area (Å²) in [5.74, 6) is -0.491. The summed E-state index contributed by atoms with van der Waals surface area (Å²) < 4.78 is 22.9. The summed E-state index contributed by atoms with van der Waals surface area (Å²) >= 11 is 0. The molecule has 0 radical (unpaired) electrons. The minimum absolute atomic E-state index is 0.0136. The predicted octanol–water partition coefficient (Wildman–Crippen LogP) is 3.31. The summed E-state index contributed by atoms with van der Waals surface area (Å²) in [5.41, 5.74) is 0.767. The average molecular weight is 301 g/mol. The number of benzene rings is 1. The Morgan fingerprint density at radius 1 is 1.20 bits per heavy atom. The molecule has 6 nitrogen and oxygen atoms in total. The molecule has 1 aromatic rings. The standard InChI is InChI=1S/C13H20NO5P/c1-3-18-20(17,19-4-2)11-13(10-14(15)16)12-8-6-5-7-9-12/h5-9,13H,3-4,10-11H2,1-2H3. The van der Waals surface area contributed by atoms with Gasteiger partial charge in [-0.25, -0.2) is 0 Å². The third kappa shape index (κ3) is 5.41. The summed E-state index contributed by atoms with van der Waals surface area (Å²) in [7, 11) is -3.30. The molecule has 0 heterocycles. The van der Waals surface area contributed by atoms with Crippen molar-refractivity contribution < 1.29 is 18.5 Å². The van der Waals surface area contributed by atoms with Crippen LogP contribution in [-0.2, 0) is 13.6 Å². The molecule has 0 N–H and O–H groups in total. The molecule has 0 aliphatic heterocycles. The second-order valence-electron chi connectivity index (χ2n) is 4.25. The van der Waals surface area contributed by atoms with E-state index in [9.17, 15) is 14.7 Å². The third-order valence-corrected chi connectivity index (χ3v) is 4.93. The molecule has 0 aromatic heterocycles. The second kappa shape index (κ2) is 8.15. The summed E-state index contributed by atoms with van der Waals surface area (Å²) in [4.78, 5) is 10.4. The summed E-state index contributed by atoms with van der Waals surface area (Å²) in [6.07, 6.45) is 0.0136. The van der Waals surface area contributed by atoms with Gasteiger partial charge in [0.1, 0.15) is 0 Å². The minimum atomic E-state index is -3.30. The lowest BCUT2D eigenvalue weighted by molar-refractivity contribution is -0.482. The van der Waals surface area contributed by atoms with Crippen LogP contribution in [0, 0.1) is 10.1 Å². The van der Waals surface area contributed by atoms with Gasteiger partial charge in [0.25, 0.3) is 0 Å². The van der Waals surface area contributed by atoms with Gasteiger partial charge in [-0.2, -0.15) is 0 Å². The first-order valence-electron chi connectivity index (χ1n) is 6.55. The van der Waals surface area contributed by atoms with Crippen LogP contribution in [0.3, 0.4) is 0 Å². The average Bonchev–Trinajstić information content (AvgIpc) is 2.39. The number of nitrogens with zero attached hydrogens (tertiary/aromatic N) is 1. The van der Waals surface area contributed by atoms with Gasteiger partial charge >= 0.3 is 7.60 Å². The lowest BCUT2D eigenvalue weighted by atomic mass is 10.0. The van der Waals surface area contributed by atoms with Gasteiger partial charge in [0, 0.05) is 4.92 Å². The first kappa shape index (κ1) is 16.8. The van der Waals surface area contributed by atoms with Crippen LogP contribution in [0.5, 0.6) is 0 Å². The van der Waals surface area contributed by atoms with Crippen LogP contribution < -0.4 is 0 Å². The molecular formula is C13H20NO5P. The highest BCUT2D eigenvalue weighted by Crippen LogP contribution is 2.51. The minimum Gasteiger partial charge on any atom is -0.309 e. The SMILES string of the molecule is CCOP(=O)(CC(C[N+](=O)[O-])c1ccccc1)OCC. The summed E-state index contributed by atoms with van der Waals surface area (Å²) in [6, 6.07) is 9.01. The van der Waals surface area contributed by atoms with Gasteiger partial charge in [-0.15, -0.1) is 0 Å². The van der Waals surface area contributed by atoms with Crippen LogP contribution in [-0.4, -0.2) is 30.8 Å². The molecular weight excluding hydrogens is 281 g/mol. The molecule has 0 amide bonds. The van der Waals surface area contributed by atoms with E-state index in [0.717, 1.165) is 5.56 Å². The second-order valence-corrected chi connectivity index (χ2v) is 6.36. The van der Waals surface area contributed by atoms with E-state index >= 15 is 0 Å². The Morgan fingerprint density at radius 2 is 1.75 bits per heavy atom. The van der Waals surface area contributed by atoms with Crippen molar-refractivity contribution in [3.8, 4) is 0 Å². The Labute approximate surface area is 118 Å². The predicted molar refractivity (Wildman–Crippen MR) is 76.8 cm³/mol. The van der Waals surface area contributed by atoms with Crippen molar-refractivity contribution in [3.63, 3.8) is 0 Å². The third-order valence-electron chi connectivity index (χ3n) is 2.74. The number of rotatable bonds is 9. The maximum absolute atomic E-state index is 12.5. The highest BCUT2D eigenvalue weighted by molar-refractivity contribution is 7.53. The molecule has 1 atom stereocenters. The molecule has 0 saturated heterocycles. The zero-order valence-corrected chi connectivity index (χ0v) is 12.6. The van der Waals surface area contributed by atoms with Gasteiger partial charge in [-0.05, 0) is 19.4 Å². The van der Waals surface area contributed by atoms with Crippen LogP contribution in [0.2, 0.25) is 0 Å². The zero-order chi connectivity index (χ0) is 15.0. The van der Waals surface area contributed by atoms with Crippen LogP contribution in [0.25, 0.3) is 0 Å². The van der Waals surface area contributed by atoms with E-state index < -0.39 is 18.4 Å². The van der Waals surface area contributed by atoms with E-state index in [1.165, 1.54) is 0 Å². The van der Waals surface area contributed by atoms with Gasteiger partial charge in [0.15, 0.2) is 0 Å². The molecule has 0 saturated carbocycles. The number of hydrogen-bond acceptors (Lipinski definition) is 5. The highest BCUT2D eigenvalue weighted by Gasteiger charge is 2.32. The van der Waals surface area contributed by atoms with E-state index in [1.807, 2.05) is 6.07 Å². The molecule has 0 bridgehead atoms. The van der Waals surface area contributed by atoms with Crippen molar-refractivity contribution in [3.05, 3.63) is 46.0 Å². The molecule has 1 rings (SSSR count). The highest BCUT2D eigenvalue weighted by atomic mass is 31.2. The monoisotopic (exact) mass is 301 g/mol. The Kier molecular flexibility index (Phi) is 6.85. The molecule has 7 heteroatoms. The quantitative estimate of drug-likeness (QED) is 0.397. The van der Waals surface area contributed by atoms with Crippen molar-refractivity contribution in [1.29, 1.82) is 0 Å². The topological polar surface area (TPSA) is 78.7 Å². The Bertz CT molecular complexity index is 455. The lowest BCUT2D eigenvalue weighted by Gasteiger charge is -2.21.